The van der Waals surface area contributed by atoms with Gasteiger partial charge in [-0.15, -0.1) is 6.42 Å². The Morgan fingerprint density at radius 2 is 1.79 bits per heavy atom. The molecule has 1 amide bonds. The highest BCUT2D eigenvalue weighted by Gasteiger charge is 2.31. The smallest absolute Gasteiger partial charge is 0.365 e. The molecule has 2 aromatic carbocycles. The van der Waals surface area contributed by atoms with E-state index in [0.717, 1.165) is 49.0 Å². The summed E-state index contributed by atoms with van der Waals surface area (Å²) in [4.78, 5) is 32.4. The van der Waals surface area contributed by atoms with Crippen LogP contribution in [0.3, 0.4) is 0 Å². The standard InChI is InChI=1S/C27H31N3O3/c1-4-27(5-2,6-3)29-25(31)22-16-8-12-20-14-10-18-30(24(20)22)33-26(32)21-15-7-11-19-13-9-17-28-23(19)21/h1,7-8,11-12,15-16,28H,5-6,9-10,13-14,17-18H2,2-3H3,(H,29,31). The molecule has 0 unspecified atom stereocenters. The predicted octanol–water partition coefficient (Wildman–Crippen LogP) is 4.49. The molecule has 2 N–H and O–H groups in total. The Labute approximate surface area is 195 Å². The third-order valence-electron chi connectivity index (χ3n) is 6.75. The number of anilines is 2. The molecule has 172 valence electrons. The number of rotatable bonds is 6. The van der Waals surface area contributed by atoms with Crippen LogP contribution in [0.1, 0.15) is 71.4 Å². The molecule has 0 bridgehead atoms. The maximum atomic E-state index is 13.3. The number of terminal acetylenes is 1. The van der Waals surface area contributed by atoms with Gasteiger partial charge in [-0.25, -0.2) is 9.86 Å². The van der Waals surface area contributed by atoms with Gasteiger partial charge in [0.25, 0.3) is 5.91 Å². The van der Waals surface area contributed by atoms with Crippen LogP contribution in [0.2, 0.25) is 0 Å². The topological polar surface area (TPSA) is 70.7 Å². The van der Waals surface area contributed by atoms with Crippen molar-refractivity contribution < 1.29 is 14.4 Å². The van der Waals surface area contributed by atoms with Gasteiger partial charge in [-0.3, -0.25) is 4.79 Å². The van der Waals surface area contributed by atoms with Crippen LogP contribution in [0.15, 0.2) is 36.4 Å². The van der Waals surface area contributed by atoms with Crippen LogP contribution in [0.4, 0.5) is 11.4 Å². The van der Waals surface area contributed by atoms with E-state index >= 15 is 0 Å². The average molecular weight is 446 g/mol. The largest absolute Gasteiger partial charge is 0.384 e. The highest BCUT2D eigenvalue weighted by Crippen LogP contribution is 2.33. The number of hydrogen-bond donors (Lipinski definition) is 2. The second kappa shape index (κ2) is 9.58. The zero-order chi connectivity index (χ0) is 23.4. The van der Waals surface area contributed by atoms with Crippen molar-refractivity contribution in [3.63, 3.8) is 0 Å². The number of carbonyl (C=O) groups excluding carboxylic acids is 2. The molecule has 2 heterocycles. The summed E-state index contributed by atoms with van der Waals surface area (Å²) in [5.74, 6) is 2.07. The highest BCUT2D eigenvalue weighted by atomic mass is 16.7. The second-order valence-corrected chi connectivity index (χ2v) is 8.66. The van der Waals surface area contributed by atoms with Gasteiger partial charge >= 0.3 is 5.97 Å². The van der Waals surface area contributed by atoms with Crippen LogP contribution in [-0.4, -0.2) is 30.5 Å². The van der Waals surface area contributed by atoms with Gasteiger partial charge in [0.15, 0.2) is 0 Å². The molecule has 2 aromatic rings. The molecule has 0 aliphatic carbocycles. The van der Waals surface area contributed by atoms with Crippen molar-refractivity contribution in [3.05, 3.63) is 58.7 Å². The second-order valence-electron chi connectivity index (χ2n) is 8.66. The summed E-state index contributed by atoms with van der Waals surface area (Å²) in [6.45, 7) is 5.28. The number of nitrogens with one attached hydrogen (secondary N) is 2. The fourth-order valence-electron chi connectivity index (χ4n) is 4.67. The molecule has 6 heteroatoms. The van der Waals surface area contributed by atoms with Crippen molar-refractivity contribution in [1.82, 2.24) is 5.32 Å². The molecule has 2 aliphatic rings. The summed E-state index contributed by atoms with van der Waals surface area (Å²) in [5.41, 5.74) is 3.88. The zero-order valence-corrected chi connectivity index (χ0v) is 19.4. The van der Waals surface area contributed by atoms with Crippen molar-refractivity contribution in [2.24, 2.45) is 0 Å². The highest BCUT2D eigenvalue weighted by molar-refractivity contribution is 6.02. The first-order valence-corrected chi connectivity index (χ1v) is 11.8. The number of carbonyl (C=O) groups is 2. The summed E-state index contributed by atoms with van der Waals surface area (Å²) in [7, 11) is 0. The summed E-state index contributed by atoms with van der Waals surface area (Å²) in [6.07, 6.45) is 10.6. The minimum atomic E-state index is -0.704. The van der Waals surface area contributed by atoms with Crippen LogP contribution in [0.25, 0.3) is 0 Å². The molecular weight excluding hydrogens is 414 g/mol. The summed E-state index contributed by atoms with van der Waals surface area (Å²) in [5, 5.41) is 7.96. The first-order chi connectivity index (χ1) is 16.0. The van der Waals surface area contributed by atoms with E-state index < -0.39 is 11.5 Å². The zero-order valence-electron chi connectivity index (χ0n) is 19.4. The molecule has 0 saturated heterocycles. The molecule has 0 aromatic heterocycles. The minimum Gasteiger partial charge on any atom is -0.384 e. The molecule has 0 saturated carbocycles. The van der Waals surface area contributed by atoms with Crippen LogP contribution in [-0.2, 0) is 17.7 Å². The van der Waals surface area contributed by atoms with Crippen LogP contribution < -0.4 is 15.7 Å². The van der Waals surface area contributed by atoms with Gasteiger partial charge < -0.3 is 15.5 Å². The lowest BCUT2D eigenvalue weighted by Crippen LogP contribution is -2.47. The Balaban J connectivity index is 1.64. The Hall–Kier alpha value is -3.46. The maximum Gasteiger partial charge on any atom is 0.365 e. The fraction of sp³-hybridized carbons (Fsp3) is 0.407. The van der Waals surface area contributed by atoms with Gasteiger partial charge in [0.1, 0.15) is 5.54 Å². The quantitative estimate of drug-likeness (QED) is 0.641. The number of para-hydroxylation sites is 2. The van der Waals surface area contributed by atoms with Crippen molar-refractivity contribution in [1.29, 1.82) is 0 Å². The fourth-order valence-corrected chi connectivity index (χ4v) is 4.67. The van der Waals surface area contributed by atoms with Gasteiger partial charge in [-0.1, -0.05) is 44.0 Å². The van der Waals surface area contributed by atoms with Crippen LogP contribution in [0.5, 0.6) is 0 Å². The van der Waals surface area contributed by atoms with Crippen molar-refractivity contribution in [2.45, 2.75) is 57.9 Å². The Bertz CT molecular complexity index is 1100. The lowest BCUT2D eigenvalue weighted by molar-refractivity contribution is 0.0441. The van der Waals surface area contributed by atoms with E-state index in [1.807, 2.05) is 38.1 Å². The van der Waals surface area contributed by atoms with Gasteiger partial charge in [0.05, 0.1) is 29.0 Å². The van der Waals surface area contributed by atoms with E-state index in [-0.39, 0.29) is 5.91 Å². The molecule has 6 nitrogen and oxygen atoms in total. The number of hydrogen-bond acceptors (Lipinski definition) is 5. The summed E-state index contributed by atoms with van der Waals surface area (Å²) >= 11 is 0. The van der Waals surface area contributed by atoms with Crippen molar-refractivity contribution in [3.8, 4) is 12.3 Å². The van der Waals surface area contributed by atoms with Gasteiger partial charge in [0.2, 0.25) is 0 Å². The number of nitrogens with zero attached hydrogens (tertiary/aromatic N) is 1. The normalized spacial score (nSPS) is 14.9. The Morgan fingerprint density at radius 3 is 2.52 bits per heavy atom. The molecule has 2 aliphatic heterocycles. The third kappa shape index (κ3) is 4.41. The molecule has 0 spiro atoms. The minimum absolute atomic E-state index is 0.254. The molecule has 0 radical (unpaired) electrons. The first-order valence-electron chi connectivity index (χ1n) is 11.8. The monoisotopic (exact) mass is 445 g/mol. The molecule has 0 fully saturated rings. The average Bonchev–Trinajstić information content (AvgIpc) is 2.86. The summed E-state index contributed by atoms with van der Waals surface area (Å²) in [6, 6.07) is 11.3. The Kier molecular flexibility index (Phi) is 6.60. The van der Waals surface area contributed by atoms with E-state index in [9.17, 15) is 9.59 Å². The maximum absolute atomic E-state index is 13.3. The Morgan fingerprint density at radius 1 is 1.09 bits per heavy atom. The molecular formula is C27H31N3O3. The van der Waals surface area contributed by atoms with E-state index in [1.165, 1.54) is 0 Å². The van der Waals surface area contributed by atoms with Gasteiger partial charge in [0, 0.05) is 6.54 Å². The molecule has 0 atom stereocenters. The number of hydroxylamine groups is 1. The van der Waals surface area contributed by atoms with Crippen LogP contribution >= 0.6 is 0 Å². The number of aryl methyl sites for hydroxylation is 2. The molecule has 33 heavy (non-hydrogen) atoms. The predicted molar refractivity (Wildman–Crippen MR) is 130 cm³/mol. The van der Waals surface area contributed by atoms with Crippen LogP contribution in [0, 0.1) is 12.3 Å². The van der Waals surface area contributed by atoms with Crippen molar-refractivity contribution in [2.75, 3.05) is 23.5 Å². The lowest BCUT2D eigenvalue weighted by atomic mass is 9.92. The first kappa shape index (κ1) is 22.7. The van der Waals surface area contributed by atoms with E-state index in [2.05, 4.69) is 16.6 Å². The van der Waals surface area contributed by atoms with Gasteiger partial charge in [-0.2, -0.15) is 0 Å². The SMILES string of the molecule is C#CC(CC)(CC)NC(=O)c1cccc2c1N(OC(=O)c1cccc3c1NCCC3)CCC2. The lowest BCUT2D eigenvalue weighted by Gasteiger charge is -2.33. The molecule has 4 rings (SSSR count). The number of benzene rings is 2. The van der Waals surface area contributed by atoms with E-state index in [0.29, 0.717) is 36.2 Å². The number of fused-ring (bicyclic) bond motifs is 2. The third-order valence-corrected chi connectivity index (χ3v) is 6.75. The van der Waals surface area contributed by atoms with E-state index in [4.69, 9.17) is 11.3 Å². The van der Waals surface area contributed by atoms with E-state index in [1.54, 1.807) is 17.2 Å². The van der Waals surface area contributed by atoms with Gasteiger partial charge in [-0.05, 0) is 61.8 Å². The number of amides is 1. The van der Waals surface area contributed by atoms with Crippen molar-refractivity contribution >= 4 is 23.3 Å². The summed E-state index contributed by atoms with van der Waals surface area (Å²) < 4.78 is 0.